The lowest BCUT2D eigenvalue weighted by Crippen LogP contribution is -2.36. The molecule has 0 fully saturated rings. The molecule has 0 aliphatic carbocycles. The van der Waals surface area contributed by atoms with Gasteiger partial charge in [0.2, 0.25) is 5.91 Å². The lowest BCUT2D eigenvalue weighted by molar-refractivity contribution is -0.129. The SMILES string of the molecule is CCCNC(=O)C(C)OC(=O)c1c(NC(=O)C(C)(C)C)sc(C)c1C. The number of hydrogen-bond donors (Lipinski definition) is 2. The van der Waals surface area contributed by atoms with Gasteiger partial charge in [0.05, 0.1) is 5.56 Å². The van der Waals surface area contributed by atoms with Gasteiger partial charge in [-0.3, -0.25) is 9.59 Å². The van der Waals surface area contributed by atoms with Crippen molar-refractivity contribution in [1.82, 2.24) is 5.32 Å². The maximum absolute atomic E-state index is 12.6. The number of esters is 1. The third kappa shape index (κ3) is 5.56. The second kappa shape index (κ2) is 8.47. The van der Waals surface area contributed by atoms with Gasteiger partial charge in [-0.05, 0) is 32.8 Å². The minimum Gasteiger partial charge on any atom is -0.449 e. The van der Waals surface area contributed by atoms with E-state index in [-0.39, 0.29) is 11.8 Å². The summed E-state index contributed by atoms with van der Waals surface area (Å²) < 4.78 is 5.30. The van der Waals surface area contributed by atoms with E-state index in [1.807, 2.05) is 13.8 Å². The molecule has 2 N–H and O–H groups in total. The number of rotatable bonds is 6. The molecule has 1 aromatic rings. The van der Waals surface area contributed by atoms with Crippen LogP contribution in [0.3, 0.4) is 0 Å². The number of aryl methyl sites for hydroxylation is 1. The second-order valence-electron chi connectivity index (χ2n) is 7.03. The summed E-state index contributed by atoms with van der Waals surface area (Å²) in [6, 6.07) is 0. The minimum atomic E-state index is -0.898. The van der Waals surface area contributed by atoms with Crippen molar-refractivity contribution in [2.24, 2.45) is 5.41 Å². The highest BCUT2D eigenvalue weighted by molar-refractivity contribution is 7.16. The Bertz CT molecular complexity index is 659. The average Bonchev–Trinajstić information content (AvgIpc) is 2.78. The summed E-state index contributed by atoms with van der Waals surface area (Å²) in [4.78, 5) is 37.6. The maximum atomic E-state index is 12.6. The van der Waals surface area contributed by atoms with Crippen LogP contribution in [0.25, 0.3) is 0 Å². The number of nitrogens with one attached hydrogen (secondary N) is 2. The summed E-state index contributed by atoms with van der Waals surface area (Å²) in [7, 11) is 0. The first-order valence-corrected chi connectivity index (χ1v) is 9.20. The van der Waals surface area contributed by atoms with Gasteiger partial charge in [-0.15, -0.1) is 11.3 Å². The third-order valence-corrected chi connectivity index (χ3v) is 4.82. The summed E-state index contributed by atoms with van der Waals surface area (Å²) in [6.45, 7) is 13.1. The summed E-state index contributed by atoms with van der Waals surface area (Å²) in [6.07, 6.45) is -0.0945. The number of carbonyl (C=O) groups is 3. The standard InChI is InChI=1S/C18H28N2O4S/c1-8-9-19-14(21)11(3)24-16(22)13-10(2)12(4)25-15(13)20-17(23)18(5,6)7/h11H,8-9H2,1-7H3,(H,19,21)(H,20,23). The quantitative estimate of drug-likeness (QED) is 0.754. The van der Waals surface area contributed by atoms with E-state index in [1.165, 1.54) is 18.3 Å². The lowest BCUT2D eigenvalue weighted by Gasteiger charge is -2.18. The first-order chi connectivity index (χ1) is 11.5. The van der Waals surface area contributed by atoms with Gasteiger partial charge in [0.1, 0.15) is 5.00 Å². The van der Waals surface area contributed by atoms with Gasteiger partial charge in [-0.1, -0.05) is 27.7 Å². The minimum absolute atomic E-state index is 0.184. The highest BCUT2D eigenvalue weighted by Crippen LogP contribution is 2.34. The number of thiophene rings is 1. The van der Waals surface area contributed by atoms with Crippen LogP contribution in [0, 0.1) is 19.3 Å². The molecule has 0 saturated carbocycles. The molecule has 1 rings (SSSR count). The molecule has 6 nitrogen and oxygen atoms in total. The second-order valence-corrected chi connectivity index (χ2v) is 8.25. The molecule has 2 amide bonds. The summed E-state index contributed by atoms with van der Waals surface area (Å²) in [5.74, 6) is -1.12. The van der Waals surface area contributed by atoms with Gasteiger partial charge in [0, 0.05) is 16.8 Å². The number of carbonyl (C=O) groups excluding carboxylic acids is 3. The van der Waals surface area contributed by atoms with Crippen LogP contribution in [0.15, 0.2) is 0 Å². The van der Waals surface area contributed by atoms with Crippen LogP contribution in [-0.2, 0) is 14.3 Å². The van der Waals surface area contributed by atoms with E-state index >= 15 is 0 Å². The van der Waals surface area contributed by atoms with Gasteiger partial charge < -0.3 is 15.4 Å². The summed E-state index contributed by atoms with van der Waals surface area (Å²) >= 11 is 1.33. The van der Waals surface area contributed by atoms with Crippen LogP contribution in [0.5, 0.6) is 0 Å². The maximum Gasteiger partial charge on any atom is 0.342 e. The van der Waals surface area contributed by atoms with Crippen LogP contribution < -0.4 is 10.6 Å². The lowest BCUT2D eigenvalue weighted by atomic mass is 9.96. The Morgan fingerprint density at radius 1 is 1.20 bits per heavy atom. The predicted molar refractivity (Wildman–Crippen MR) is 100 cm³/mol. The van der Waals surface area contributed by atoms with Gasteiger partial charge in [-0.2, -0.15) is 0 Å². The molecule has 7 heteroatoms. The normalized spacial score (nSPS) is 12.4. The molecule has 0 aliphatic rings. The van der Waals surface area contributed by atoms with Gasteiger partial charge >= 0.3 is 5.97 Å². The monoisotopic (exact) mass is 368 g/mol. The first kappa shape index (κ1) is 21.2. The topological polar surface area (TPSA) is 84.5 Å². The highest BCUT2D eigenvalue weighted by atomic mass is 32.1. The summed E-state index contributed by atoms with van der Waals surface area (Å²) in [5.41, 5.74) is 0.482. The molecule has 1 atom stereocenters. The fourth-order valence-electron chi connectivity index (χ4n) is 1.92. The molecule has 0 aromatic carbocycles. The molecule has 1 heterocycles. The van der Waals surface area contributed by atoms with E-state index < -0.39 is 17.5 Å². The van der Waals surface area contributed by atoms with Gasteiger partial charge in [-0.25, -0.2) is 4.79 Å². The highest BCUT2D eigenvalue weighted by Gasteiger charge is 2.28. The average molecular weight is 368 g/mol. The summed E-state index contributed by atoms with van der Waals surface area (Å²) in [5, 5.41) is 5.96. The van der Waals surface area contributed by atoms with Crippen molar-refractivity contribution in [3.63, 3.8) is 0 Å². The van der Waals surface area contributed by atoms with Crippen molar-refractivity contribution in [3.05, 3.63) is 16.0 Å². The fraction of sp³-hybridized carbons (Fsp3) is 0.611. The van der Waals surface area contributed by atoms with E-state index in [0.717, 1.165) is 16.9 Å². The molecule has 1 aromatic heterocycles. The Morgan fingerprint density at radius 2 is 1.80 bits per heavy atom. The van der Waals surface area contributed by atoms with Crippen LogP contribution in [0.4, 0.5) is 5.00 Å². The largest absolute Gasteiger partial charge is 0.449 e. The number of hydrogen-bond acceptors (Lipinski definition) is 5. The molecule has 0 radical (unpaired) electrons. The van der Waals surface area contributed by atoms with E-state index in [1.54, 1.807) is 27.7 Å². The zero-order valence-corrected chi connectivity index (χ0v) is 16.8. The van der Waals surface area contributed by atoms with Gasteiger partial charge in [0.15, 0.2) is 6.10 Å². The fourth-order valence-corrected chi connectivity index (χ4v) is 2.96. The zero-order valence-electron chi connectivity index (χ0n) is 16.0. The van der Waals surface area contributed by atoms with Crippen LogP contribution >= 0.6 is 11.3 Å². The van der Waals surface area contributed by atoms with E-state index in [9.17, 15) is 14.4 Å². The van der Waals surface area contributed by atoms with Crippen molar-refractivity contribution in [2.75, 3.05) is 11.9 Å². The van der Waals surface area contributed by atoms with E-state index in [2.05, 4.69) is 10.6 Å². The van der Waals surface area contributed by atoms with Crippen molar-refractivity contribution >= 4 is 34.1 Å². The Hall–Kier alpha value is -1.89. The van der Waals surface area contributed by atoms with Crippen LogP contribution in [-0.4, -0.2) is 30.4 Å². The van der Waals surface area contributed by atoms with Crippen molar-refractivity contribution < 1.29 is 19.1 Å². The van der Waals surface area contributed by atoms with Crippen molar-refractivity contribution in [3.8, 4) is 0 Å². The molecule has 0 saturated heterocycles. The smallest absolute Gasteiger partial charge is 0.342 e. The molecule has 0 aliphatic heterocycles. The third-order valence-electron chi connectivity index (χ3n) is 3.70. The Morgan fingerprint density at radius 3 is 2.32 bits per heavy atom. The number of anilines is 1. The first-order valence-electron chi connectivity index (χ1n) is 8.39. The Labute approximate surface area is 153 Å². The molecule has 0 bridgehead atoms. The Kier molecular flexibility index (Phi) is 7.17. The van der Waals surface area contributed by atoms with Gasteiger partial charge in [0.25, 0.3) is 5.91 Å². The van der Waals surface area contributed by atoms with Crippen LogP contribution in [0.1, 0.15) is 61.8 Å². The molecule has 0 spiro atoms. The Balaban J connectivity index is 2.98. The zero-order chi connectivity index (χ0) is 19.4. The number of amides is 2. The van der Waals surface area contributed by atoms with E-state index in [4.69, 9.17) is 4.74 Å². The van der Waals surface area contributed by atoms with Crippen molar-refractivity contribution in [1.29, 1.82) is 0 Å². The van der Waals surface area contributed by atoms with E-state index in [0.29, 0.717) is 17.1 Å². The van der Waals surface area contributed by atoms with Crippen molar-refractivity contribution in [2.45, 2.75) is 61.0 Å². The number of ether oxygens (including phenoxy) is 1. The molecular formula is C18H28N2O4S. The molecule has 140 valence electrons. The molecular weight excluding hydrogens is 340 g/mol. The predicted octanol–water partition coefficient (Wildman–Crippen LogP) is 3.42. The van der Waals surface area contributed by atoms with Crippen LogP contribution in [0.2, 0.25) is 0 Å². The molecule has 25 heavy (non-hydrogen) atoms. The molecule has 1 unspecified atom stereocenters.